The van der Waals surface area contributed by atoms with Gasteiger partial charge in [0.1, 0.15) is 0 Å². The van der Waals surface area contributed by atoms with E-state index >= 15 is 0 Å². The van der Waals surface area contributed by atoms with Crippen molar-refractivity contribution in [2.75, 3.05) is 6.54 Å². The minimum absolute atomic E-state index is 0.233. The Balaban J connectivity index is 2.47. The van der Waals surface area contributed by atoms with Crippen LogP contribution in [-0.2, 0) is 4.79 Å². The van der Waals surface area contributed by atoms with Gasteiger partial charge in [0.25, 0.3) is 0 Å². The molecule has 0 aromatic carbocycles. The average Bonchev–Trinajstić information content (AvgIpc) is 2.61. The van der Waals surface area contributed by atoms with Crippen LogP contribution in [0.15, 0.2) is 0 Å². The lowest BCUT2D eigenvalue weighted by atomic mass is 9.98. The van der Waals surface area contributed by atoms with Crippen molar-refractivity contribution >= 4 is 5.91 Å². The molecule has 0 aromatic rings. The van der Waals surface area contributed by atoms with E-state index in [1.807, 2.05) is 13.8 Å². The van der Waals surface area contributed by atoms with E-state index in [1.54, 1.807) is 0 Å². The number of likely N-dealkylation sites (tertiary alicyclic amines) is 1. The highest BCUT2D eigenvalue weighted by atomic mass is 16.2. The highest BCUT2D eigenvalue weighted by molar-refractivity contribution is 5.77. The maximum Gasteiger partial charge on any atom is 0.222 e. The molecule has 0 aliphatic carbocycles. The predicted octanol–water partition coefficient (Wildman–Crippen LogP) is 2.15. The molecule has 3 heteroatoms. The van der Waals surface area contributed by atoms with Crippen LogP contribution in [0.4, 0.5) is 0 Å². The fraction of sp³-hybridized carbons (Fsp3) is 0.923. The molecule has 1 unspecified atom stereocenters. The van der Waals surface area contributed by atoms with Crippen molar-refractivity contribution in [3.8, 4) is 0 Å². The quantitative estimate of drug-likeness (QED) is 0.798. The Hall–Kier alpha value is -0.570. The van der Waals surface area contributed by atoms with Crippen LogP contribution in [0.3, 0.4) is 0 Å². The highest BCUT2D eigenvalue weighted by Gasteiger charge is 2.30. The zero-order chi connectivity index (χ0) is 12.3. The number of rotatable bonds is 4. The van der Waals surface area contributed by atoms with Crippen molar-refractivity contribution < 1.29 is 4.79 Å². The van der Waals surface area contributed by atoms with Gasteiger partial charge in [0.05, 0.1) is 0 Å². The van der Waals surface area contributed by atoms with Gasteiger partial charge < -0.3 is 10.6 Å². The van der Waals surface area contributed by atoms with E-state index < -0.39 is 0 Å². The largest absolute Gasteiger partial charge is 0.339 e. The SMILES string of the molecule is CC(C)C1CCCN1C(=O)CCC(C)(C)N. The Bertz CT molecular complexity index is 243. The fourth-order valence-electron chi connectivity index (χ4n) is 2.37. The van der Waals surface area contributed by atoms with E-state index in [2.05, 4.69) is 18.7 Å². The summed E-state index contributed by atoms with van der Waals surface area (Å²) in [6.45, 7) is 9.29. The van der Waals surface area contributed by atoms with Crippen molar-refractivity contribution in [2.45, 2.75) is 65.0 Å². The lowest BCUT2D eigenvalue weighted by Crippen LogP contribution is -2.40. The number of hydrogen-bond acceptors (Lipinski definition) is 2. The summed E-state index contributed by atoms with van der Waals surface area (Å²) in [4.78, 5) is 14.1. The standard InChI is InChI=1S/C13H26N2O/c1-10(2)11-6-5-9-15(11)12(16)7-8-13(3,4)14/h10-11H,5-9,14H2,1-4H3. The number of carbonyl (C=O) groups is 1. The van der Waals surface area contributed by atoms with Gasteiger partial charge >= 0.3 is 0 Å². The molecular weight excluding hydrogens is 200 g/mol. The van der Waals surface area contributed by atoms with Gasteiger partial charge in [0.15, 0.2) is 0 Å². The second kappa shape index (κ2) is 5.17. The summed E-state index contributed by atoms with van der Waals surface area (Å²) in [6.07, 6.45) is 3.68. The molecule has 1 amide bonds. The normalized spacial score (nSPS) is 21.9. The Morgan fingerprint density at radius 2 is 2.12 bits per heavy atom. The van der Waals surface area contributed by atoms with Gasteiger partial charge in [0, 0.05) is 24.5 Å². The topological polar surface area (TPSA) is 46.3 Å². The van der Waals surface area contributed by atoms with Crippen molar-refractivity contribution in [3.05, 3.63) is 0 Å². The molecular formula is C13H26N2O. The van der Waals surface area contributed by atoms with E-state index in [9.17, 15) is 4.79 Å². The molecule has 16 heavy (non-hydrogen) atoms. The first-order valence-corrected chi connectivity index (χ1v) is 6.39. The van der Waals surface area contributed by atoms with Crippen LogP contribution >= 0.6 is 0 Å². The van der Waals surface area contributed by atoms with Gasteiger partial charge in [0.2, 0.25) is 5.91 Å². The van der Waals surface area contributed by atoms with Crippen LogP contribution in [0.1, 0.15) is 53.4 Å². The maximum absolute atomic E-state index is 12.1. The first-order valence-electron chi connectivity index (χ1n) is 6.39. The highest BCUT2D eigenvalue weighted by Crippen LogP contribution is 2.25. The summed E-state index contributed by atoms with van der Waals surface area (Å²) in [5.41, 5.74) is 5.67. The molecule has 0 spiro atoms. The van der Waals surface area contributed by atoms with E-state index in [-0.39, 0.29) is 11.4 Å². The van der Waals surface area contributed by atoms with E-state index in [0.717, 1.165) is 25.8 Å². The zero-order valence-electron chi connectivity index (χ0n) is 11.1. The average molecular weight is 226 g/mol. The van der Waals surface area contributed by atoms with E-state index in [1.165, 1.54) is 0 Å². The van der Waals surface area contributed by atoms with Gasteiger partial charge in [-0.05, 0) is 39.0 Å². The zero-order valence-corrected chi connectivity index (χ0v) is 11.1. The number of nitrogens with two attached hydrogens (primary N) is 1. The van der Waals surface area contributed by atoms with Crippen LogP contribution < -0.4 is 5.73 Å². The Morgan fingerprint density at radius 3 is 2.62 bits per heavy atom. The van der Waals surface area contributed by atoms with E-state index in [0.29, 0.717) is 18.4 Å². The summed E-state index contributed by atoms with van der Waals surface area (Å²) in [6, 6.07) is 0.452. The predicted molar refractivity (Wildman–Crippen MR) is 67.1 cm³/mol. The fourth-order valence-corrected chi connectivity index (χ4v) is 2.37. The third kappa shape index (κ3) is 3.78. The first kappa shape index (κ1) is 13.5. The molecule has 1 saturated heterocycles. The van der Waals surface area contributed by atoms with Crippen LogP contribution in [0.5, 0.6) is 0 Å². The minimum atomic E-state index is -0.233. The Morgan fingerprint density at radius 1 is 1.50 bits per heavy atom. The molecule has 0 saturated carbocycles. The monoisotopic (exact) mass is 226 g/mol. The molecule has 1 fully saturated rings. The lowest BCUT2D eigenvalue weighted by molar-refractivity contribution is -0.133. The van der Waals surface area contributed by atoms with Crippen molar-refractivity contribution in [2.24, 2.45) is 11.7 Å². The molecule has 0 aromatic heterocycles. The summed E-state index contributed by atoms with van der Waals surface area (Å²) in [5, 5.41) is 0. The van der Waals surface area contributed by atoms with Gasteiger partial charge in [-0.1, -0.05) is 13.8 Å². The molecule has 0 radical (unpaired) electrons. The Labute approximate surface area is 99.4 Å². The molecule has 1 aliphatic heterocycles. The third-order valence-electron chi connectivity index (χ3n) is 3.37. The summed E-state index contributed by atoms with van der Waals surface area (Å²) in [7, 11) is 0. The van der Waals surface area contributed by atoms with Crippen molar-refractivity contribution in [3.63, 3.8) is 0 Å². The van der Waals surface area contributed by atoms with Gasteiger partial charge in [-0.15, -0.1) is 0 Å². The maximum atomic E-state index is 12.1. The number of carbonyl (C=O) groups excluding carboxylic acids is 1. The molecule has 1 heterocycles. The minimum Gasteiger partial charge on any atom is -0.339 e. The molecule has 0 bridgehead atoms. The van der Waals surface area contributed by atoms with Crippen LogP contribution in [-0.4, -0.2) is 28.9 Å². The summed E-state index contributed by atoms with van der Waals surface area (Å²) in [5.74, 6) is 0.854. The van der Waals surface area contributed by atoms with Crippen molar-refractivity contribution in [1.29, 1.82) is 0 Å². The van der Waals surface area contributed by atoms with Gasteiger partial charge in [-0.3, -0.25) is 4.79 Å². The number of amides is 1. The number of hydrogen-bond donors (Lipinski definition) is 1. The number of nitrogens with zero attached hydrogens (tertiary/aromatic N) is 1. The third-order valence-corrected chi connectivity index (χ3v) is 3.37. The van der Waals surface area contributed by atoms with Gasteiger partial charge in [-0.25, -0.2) is 0 Å². The molecule has 94 valence electrons. The molecule has 1 atom stereocenters. The van der Waals surface area contributed by atoms with Crippen LogP contribution in [0.2, 0.25) is 0 Å². The second-order valence-electron chi connectivity index (χ2n) is 6.03. The van der Waals surface area contributed by atoms with Crippen LogP contribution in [0, 0.1) is 5.92 Å². The smallest absolute Gasteiger partial charge is 0.222 e. The molecule has 1 aliphatic rings. The van der Waals surface area contributed by atoms with E-state index in [4.69, 9.17) is 5.73 Å². The van der Waals surface area contributed by atoms with Crippen LogP contribution in [0.25, 0.3) is 0 Å². The summed E-state index contributed by atoms with van der Waals surface area (Å²) >= 11 is 0. The second-order valence-corrected chi connectivity index (χ2v) is 6.03. The van der Waals surface area contributed by atoms with Gasteiger partial charge in [-0.2, -0.15) is 0 Å². The lowest BCUT2D eigenvalue weighted by Gasteiger charge is -2.29. The summed E-state index contributed by atoms with van der Waals surface area (Å²) < 4.78 is 0. The molecule has 1 rings (SSSR count). The molecule has 2 N–H and O–H groups in total. The first-order chi connectivity index (χ1) is 7.31. The molecule has 3 nitrogen and oxygen atoms in total. The Kier molecular flexibility index (Phi) is 4.36. The van der Waals surface area contributed by atoms with Crippen molar-refractivity contribution in [1.82, 2.24) is 4.90 Å².